The molecule has 3 aromatic heterocycles. The average molecular weight is 611 g/mol. The van der Waals surface area contributed by atoms with Gasteiger partial charge in [0.15, 0.2) is 5.82 Å². The summed E-state index contributed by atoms with van der Waals surface area (Å²) < 4.78 is 4.20. The number of aromatic nitrogens is 5. The second-order valence-corrected chi connectivity index (χ2v) is 12.8. The van der Waals surface area contributed by atoms with Crippen molar-refractivity contribution in [1.82, 2.24) is 29.4 Å². The van der Waals surface area contributed by atoms with E-state index in [2.05, 4.69) is 30.5 Å². The first kappa shape index (κ1) is 28.5. The van der Waals surface area contributed by atoms with E-state index in [4.69, 9.17) is 21.7 Å². The smallest absolute Gasteiger partial charge is 0.327 e. The maximum atomic E-state index is 13.9. The molecule has 226 valence electrons. The van der Waals surface area contributed by atoms with Gasteiger partial charge in [0, 0.05) is 61.4 Å². The number of rotatable bonds is 7. The van der Waals surface area contributed by atoms with E-state index in [0.29, 0.717) is 28.7 Å². The predicted molar refractivity (Wildman–Crippen MR) is 169 cm³/mol. The first-order chi connectivity index (χ1) is 21.2. The van der Waals surface area contributed by atoms with Gasteiger partial charge in [-0.25, -0.2) is 19.7 Å². The highest BCUT2D eigenvalue weighted by atomic mass is 35.5. The Balaban J connectivity index is 1.21. The molecule has 3 aliphatic rings. The van der Waals surface area contributed by atoms with Crippen molar-refractivity contribution in [1.29, 1.82) is 0 Å². The summed E-state index contributed by atoms with van der Waals surface area (Å²) in [7, 11) is 4.01. The van der Waals surface area contributed by atoms with Crippen molar-refractivity contribution in [2.45, 2.75) is 62.8 Å². The Kier molecular flexibility index (Phi) is 7.16. The number of fused-ring (bicyclic) bond motifs is 2. The molecule has 1 atom stereocenters. The molecule has 2 N–H and O–H groups in total. The van der Waals surface area contributed by atoms with E-state index in [1.807, 2.05) is 38.4 Å². The number of carboxylic acid groups (broad SMARTS) is 1. The Hall–Kier alpha value is -4.24. The van der Waals surface area contributed by atoms with E-state index >= 15 is 0 Å². The summed E-state index contributed by atoms with van der Waals surface area (Å²) in [5, 5.41) is 14.0. The molecule has 9 nitrogen and oxygen atoms in total. The zero-order valence-corrected chi connectivity index (χ0v) is 25.6. The fourth-order valence-electron chi connectivity index (χ4n) is 7.36. The molecule has 2 saturated carbocycles. The highest BCUT2D eigenvalue weighted by Crippen LogP contribution is 2.45. The van der Waals surface area contributed by atoms with Gasteiger partial charge in [-0.2, -0.15) is 0 Å². The first-order valence-corrected chi connectivity index (χ1v) is 15.7. The van der Waals surface area contributed by atoms with E-state index < -0.39 is 11.5 Å². The molecule has 2 fully saturated rings. The van der Waals surface area contributed by atoms with Crippen molar-refractivity contribution >= 4 is 40.5 Å². The fraction of sp³-hybridized carbons (Fsp3) is 0.382. The number of hydrogen-bond acceptors (Lipinski definition) is 5. The SMILES string of the molecule is Cn1c(C2(NC(=O)c3ccc4c(C5CCCC5)c(-c5ncc(Cl)cn5)n(C)c4c3)CCC2)nc2c1C=CC(/C=C/C(=O)O)C2. The van der Waals surface area contributed by atoms with Crippen LogP contribution >= 0.6 is 11.6 Å². The monoisotopic (exact) mass is 610 g/mol. The third-order valence-electron chi connectivity index (χ3n) is 9.72. The van der Waals surface area contributed by atoms with E-state index in [-0.39, 0.29) is 11.8 Å². The van der Waals surface area contributed by atoms with Gasteiger partial charge in [-0.05, 0) is 61.8 Å². The Morgan fingerprint density at radius 3 is 2.52 bits per heavy atom. The highest BCUT2D eigenvalue weighted by molar-refractivity contribution is 6.30. The van der Waals surface area contributed by atoms with Gasteiger partial charge < -0.3 is 19.6 Å². The van der Waals surface area contributed by atoms with Crippen molar-refractivity contribution in [3.8, 4) is 11.5 Å². The minimum absolute atomic E-state index is 0.0254. The molecule has 7 rings (SSSR count). The van der Waals surface area contributed by atoms with E-state index in [0.717, 1.165) is 65.9 Å². The van der Waals surface area contributed by atoms with Gasteiger partial charge in [-0.1, -0.05) is 42.7 Å². The molecular weight excluding hydrogens is 576 g/mol. The van der Waals surface area contributed by atoms with E-state index in [1.54, 1.807) is 18.5 Å². The van der Waals surface area contributed by atoms with Crippen molar-refractivity contribution < 1.29 is 14.7 Å². The number of imidazole rings is 1. The second-order valence-electron chi connectivity index (χ2n) is 12.4. The van der Waals surface area contributed by atoms with Crippen LogP contribution in [0.5, 0.6) is 0 Å². The fourth-order valence-corrected chi connectivity index (χ4v) is 7.46. The minimum atomic E-state index is -0.958. The Morgan fingerprint density at radius 2 is 1.84 bits per heavy atom. The topological polar surface area (TPSA) is 115 Å². The van der Waals surface area contributed by atoms with Crippen LogP contribution in [0.4, 0.5) is 0 Å². The Labute approximate surface area is 260 Å². The standard InChI is InChI=1S/C34H35ClN6O3/c1-40-27-17-22(10-11-24(27)29(21-6-3-4-7-21)30(40)31-36-18-23(35)19-37-31)32(44)39-34(14-5-15-34)33-38-25-16-20(9-13-28(42)43)8-12-26(25)41(33)2/h8-13,17-21H,3-7,14-16H2,1-2H3,(H,39,44)(H,42,43)/b13-9+. The zero-order valence-electron chi connectivity index (χ0n) is 24.9. The van der Waals surface area contributed by atoms with Gasteiger partial charge in [0.2, 0.25) is 0 Å². The number of nitrogens with zero attached hydrogens (tertiary/aromatic N) is 5. The molecule has 0 aliphatic heterocycles. The molecule has 0 spiro atoms. The third-order valence-corrected chi connectivity index (χ3v) is 9.91. The van der Waals surface area contributed by atoms with Crippen molar-refractivity contribution in [3.63, 3.8) is 0 Å². The normalized spacial score (nSPS) is 19.4. The molecule has 0 radical (unpaired) electrons. The number of carboxylic acids is 1. The molecule has 1 amide bonds. The zero-order chi connectivity index (χ0) is 30.6. The van der Waals surface area contributed by atoms with E-state index in [9.17, 15) is 9.59 Å². The maximum absolute atomic E-state index is 13.9. The molecular formula is C34H35ClN6O3. The van der Waals surface area contributed by atoms with Gasteiger partial charge in [0.1, 0.15) is 5.82 Å². The Bertz CT molecular complexity index is 1840. The van der Waals surface area contributed by atoms with Crippen LogP contribution in [0.3, 0.4) is 0 Å². The van der Waals surface area contributed by atoms with Gasteiger partial charge in [0.25, 0.3) is 5.91 Å². The lowest BCUT2D eigenvalue weighted by Crippen LogP contribution is -2.52. The molecule has 3 aliphatic carbocycles. The molecule has 10 heteroatoms. The number of amides is 1. The minimum Gasteiger partial charge on any atom is -0.478 e. The summed E-state index contributed by atoms with van der Waals surface area (Å²) in [6, 6.07) is 6.00. The lowest BCUT2D eigenvalue weighted by atomic mass is 9.75. The largest absolute Gasteiger partial charge is 0.478 e. The lowest BCUT2D eigenvalue weighted by Gasteiger charge is -2.41. The van der Waals surface area contributed by atoms with Crippen molar-refractivity contribution in [2.24, 2.45) is 20.0 Å². The lowest BCUT2D eigenvalue weighted by molar-refractivity contribution is -0.131. The highest BCUT2D eigenvalue weighted by Gasteiger charge is 2.44. The Morgan fingerprint density at radius 1 is 1.09 bits per heavy atom. The van der Waals surface area contributed by atoms with Crippen LogP contribution in [0.15, 0.2) is 48.8 Å². The van der Waals surface area contributed by atoms with Crippen LogP contribution in [0.25, 0.3) is 28.5 Å². The summed E-state index contributed by atoms with van der Waals surface area (Å²) in [4.78, 5) is 39.1. The molecule has 44 heavy (non-hydrogen) atoms. The molecule has 1 unspecified atom stereocenters. The summed E-state index contributed by atoms with van der Waals surface area (Å²) in [5.74, 6) is 0.803. The number of aliphatic carboxylic acids is 1. The number of nitrogens with one attached hydrogen (secondary N) is 1. The van der Waals surface area contributed by atoms with Crippen LogP contribution in [0.2, 0.25) is 5.02 Å². The van der Waals surface area contributed by atoms with Crippen LogP contribution in [-0.2, 0) is 30.8 Å². The van der Waals surface area contributed by atoms with Gasteiger partial charge in [0.05, 0.1) is 27.6 Å². The quantitative estimate of drug-likeness (QED) is 0.237. The predicted octanol–water partition coefficient (Wildman–Crippen LogP) is 6.32. The molecule has 0 saturated heterocycles. The number of halogens is 1. The first-order valence-electron chi connectivity index (χ1n) is 15.3. The molecule has 3 heterocycles. The summed E-state index contributed by atoms with van der Waals surface area (Å²) >= 11 is 6.11. The molecule has 0 bridgehead atoms. The third kappa shape index (κ3) is 4.83. The number of benzene rings is 1. The maximum Gasteiger partial charge on any atom is 0.327 e. The van der Waals surface area contributed by atoms with Crippen molar-refractivity contribution in [2.75, 3.05) is 0 Å². The van der Waals surface area contributed by atoms with Crippen LogP contribution in [0.1, 0.15) is 84.0 Å². The van der Waals surface area contributed by atoms with E-state index in [1.165, 1.54) is 24.5 Å². The van der Waals surface area contributed by atoms with Crippen LogP contribution in [-0.4, -0.2) is 41.1 Å². The van der Waals surface area contributed by atoms with Crippen molar-refractivity contribution in [3.05, 3.63) is 82.2 Å². The number of aryl methyl sites for hydroxylation is 1. The number of carbonyl (C=O) groups excluding carboxylic acids is 1. The number of carbonyl (C=O) groups is 2. The summed E-state index contributed by atoms with van der Waals surface area (Å²) in [5.41, 5.74) is 5.20. The summed E-state index contributed by atoms with van der Waals surface area (Å²) in [6.45, 7) is 0. The van der Waals surface area contributed by atoms with Gasteiger partial charge >= 0.3 is 5.97 Å². The molecule has 1 aromatic carbocycles. The van der Waals surface area contributed by atoms with Crippen LogP contribution < -0.4 is 5.32 Å². The number of allylic oxidation sites excluding steroid dienone is 2. The van der Waals surface area contributed by atoms with Crippen LogP contribution in [0, 0.1) is 5.92 Å². The molecule has 4 aromatic rings. The second kappa shape index (κ2) is 11.0. The summed E-state index contributed by atoms with van der Waals surface area (Å²) in [6.07, 6.45) is 18.1. The van der Waals surface area contributed by atoms with Gasteiger partial charge in [-0.3, -0.25) is 4.79 Å². The average Bonchev–Trinajstić information content (AvgIpc) is 3.71. The number of hydrogen-bond donors (Lipinski definition) is 2. The van der Waals surface area contributed by atoms with Gasteiger partial charge in [-0.15, -0.1) is 0 Å².